The van der Waals surface area contributed by atoms with E-state index in [0.717, 1.165) is 15.3 Å². The molecule has 1 aromatic carbocycles. The molecule has 0 atom stereocenters. The van der Waals surface area contributed by atoms with Gasteiger partial charge in [-0.3, -0.25) is 0 Å². The molecule has 0 N–H and O–H groups in total. The van der Waals surface area contributed by atoms with Gasteiger partial charge in [-0.15, -0.1) is 23.1 Å². The van der Waals surface area contributed by atoms with Gasteiger partial charge >= 0.3 is 0 Å². The summed E-state index contributed by atoms with van der Waals surface area (Å²) in [7, 11) is 0. The van der Waals surface area contributed by atoms with Gasteiger partial charge in [0.2, 0.25) is 0 Å². The highest BCUT2D eigenvalue weighted by Gasteiger charge is 2.19. The molecule has 0 saturated carbocycles. The summed E-state index contributed by atoms with van der Waals surface area (Å²) >= 11 is 3.17. The fraction of sp³-hybridized carbons (Fsp3) is 0.0833. The Morgan fingerprint density at radius 2 is 2.00 bits per heavy atom. The molecular formula is C12H7F2S2. The molecule has 2 heterocycles. The zero-order chi connectivity index (χ0) is 11.1. The lowest BCUT2D eigenvalue weighted by Gasteiger charge is -2.06. The van der Waals surface area contributed by atoms with Gasteiger partial charge in [-0.2, -0.15) is 0 Å². The molecule has 0 aliphatic carbocycles. The molecule has 2 aromatic rings. The Morgan fingerprint density at radius 3 is 2.88 bits per heavy atom. The van der Waals surface area contributed by atoms with Crippen LogP contribution in [-0.4, -0.2) is 0 Å². The molecule has 0 fully saturated rings. The molecule has 0 bridgehead atoms. The zero-order valence-electron chi connectivity index (χ0n) is 8.17. The molecule has 1 aliphatic rings. The number of benzene rings is 1. The molecule has 0 spiro atoms. The van der Waals surface area contributed by atoms with E-state index in [1.807, 2.05) is 17.9 Å². The maximum atomic E-state index is 13.6. The predicted molar refractivity (Wildman–Crippen MR) is 62.7 cm³/mol. The van der Waals surface area contributed by atoms with Crippen molar-refractivity contribution in [1.82, 2.24) is 0 Å². The molecule has 16 heavy (non-hydrogen) atoms. The van der Waals surface area contributed by atoms with Gasteiger partial charge in [-0.1, -0.05) is 6.07 Å². The van der Waals surface area contributed by atoms with Crippen LogP contribution >= 0.6 is 23.1 Å². The predicted octanol–water partition coefficient (Wildman–Crippen LogP) is 4.23. The summed E-state index contributed by atoms with van der Waals surface area (Å²) in [4.78, 5) is 2.26. The van der Waals surface area contributed by atoms with E-state index in [1.54, 1.807) is 29.2 Å². The van der Waals surface area contributed by atoms with Crippen LogP contribution in [0.4, 0.5) is 8.78 Å². The van der Waals surface area contributed by atoms with Gasteiger partial charge in [0, 0.05) is 27.5 Å². The molecule has 81 valence electrons. The standard InChI is InChI=1S/C12H7F2S2/c13-9-2-1-7-5-11-10(3-4-15-11)16-6-8(7)12(9)14/h1-5H,6H2. The molecule has 3 rings (SSSR count). The minimum Gasteiger partial charge on any atom is -0.204 e. The molecule has 1 radical (unpaired) electrons. The summed E-state index contributed by atoms with van der Waals surface area (Å²) in [6.07, 6.45) is 1.93. The average Bonchev–Trinajstić information content (AvgIpc) is 2.63. The van der Waals surface area contributed by atoms with E-state index in [1.165, 1.54) is 6.07 Å². The first kappa shape index (κ1) is 10.3. The summed E-state index contributed by atoms with van der Waals surface area (Å²) in [5.74, 6) is -0.992. The van der Waals surface area contributed by atoms with Crippen LogP contribution in [0.1, 0.15) is 16.0 Å². The highest BCUT2D eigenvalue weighted by Crippen LogP contribution is 2.38. The third-order valence-corrected chi connectivity index (χ3v) is 4.64. The summed E-state index contributed by atoms with van der Waals surface area (Å²) in [6, 6.07) is 4.85. The second-order valence-corrected chi connectivity index (χ2v) is 5.48. The van der Waals surface area contributed by atoms with Crippen molar-refractivity contribution in [2.24, 2.45) is 0 Å². The molecule has 1 aliphatic heterocycles. The largest absolute Gasteiger partial charge is 0.204 e. The van der Waals surface area contributed by atoms with Gasteiger partial charge in [-0.05, 0) is 23.1 Å². The minimum absolute atomic E-state index is 0.466. The van der Waals surface area contributed by atoms with Gasteiger partial charge in [0.15, 0.2) is 11.6 Å². The number of fused-ring (bicyclic) bond motifs is 2. The van der Waals surface area contributed by atoms with Gasteiger partial charge in [0.05, 0.1) is 0 Å². The number of hydrogen-bond acceptors (Lipinski definition) is 2. The lowest BCUT2D eigenvalue weighted by atomic mass is 10.0. The number of thiophene rings is 1. The summed E-state index contributed by atoms with van der Waals surface area (Å²) in [5, 5.41) is 2.01. The van der Waals surface area contributed by atoms with E-state index in [2.05, 4.69) is 0 Å². The number of hydrogen-bond donors (Lipinski definition) is 0. The number of thioether (sulfide) groups is 1. The first-order valence-electron chi connectivity index (χ1n) is 4.77. The molecule has 4 heteroatoms. The summed E-state index contributed by atoms with van der Waals surface area (Å²) in [6.45, 7) is 0. The van der Waals surface area contributed by atoms with Crippen LogP contribution in [0.3, 0.4) is 0 Å². The molecule has 0 amide bonds. The Balaban J connectivity index is 2.13. The van der Waals surface area contributed by atoms with E-state index in [9.17, 15) is 8.78 Å². The summed E-state index contributed by atoms with van der Waals surface area (Å²) < 4.78 is 26.7. The quantitative estimate of drug-likeness (QED) is 0.677. The van der Waals surface area contributed by atoms with Gasteiger partial charge in [-0.25, -0.2) is 8.78 Å². The third-order valence-electron chi connectivity index (χ3n) is 2.55. The third kappa shape index (κ3) is 1.57. The van der Waals surface area contributed by atoms with Gasteiger partial charge in [0.25, 0.3) is 0 Å². The van der Waals surface area contributed by atoms with Crippen molar-refractivity contribution < 1.29 is 8.78 Å². The second-order valence-electron chi connectivity index (χ2n) is 3.51. The zero-order valence-corrected chi connectivity index (χ0v) is 9.80. The van der Waals surface area contributed by atoms with Crippen molar-refractivity contribution in [3.05, 3.63) is 57.6 Å². The first-order chi connectivity index (χ1) is 7.75. The Labute approximate surface area is 100 Å². The fourth-order valence-corrected chi connectivity index (χ4v) is 3.81. The van der Waals surface area contributed by atoms with Crippen molar-refractivity contribution in [2.45, 2.75) is 10.6 Å². The van der Waals surface area contributed by atoms with Crippen LogP contribution in [0.2, 0.25) is 0 Å². The first-order valence-corrected chi connectivity index (χ1v) is 6.64. The highest BCUT2D eigenvalue weighted by molar-refractivity contribution is 7.98. The van der Waals surface area contributed by atoms with E-state index < -0.39 is 11.6 Å². The Kier molecular flexibility index (Phi) is 2.48. The highest BCUT2D eigenvalue weighted by atomic mass is 32.2. The van der Waals surface area contributed by atoms with Crippen molar-refractivity contribution in [3.63, 3.8) is 0 Å². The van der Waals surface area contributed by atoms with Crippen LogP contribution in [0.5, 0.6) is 0 Å². The van der Waals surface area contributed by atoms with Crippen molar-refractivity contribution in [1.29, 1.82) is 0 Å². The van der Waals surface area contributed by atoms with Crippen LogP contribution < -0.4 is 0 Å². The Morgan fingerprint density at radius 1 is 1.12 bits per heavy atom. The maximum Gasteiger partial charge on any atom is 0.163 e. The van der Waals surface area contributed by atoms with E-state index in [4.69, 9.17) is 0 Å². The molecule has 0 unspecified atom stereocenters. The normalized spacial score (nSPS) is 14.1. The lowest BCUT2D eigenvalue weighted by molar-refractivity contribution is 0.501. The molecule has 0 saturated heterocycles. The maximum absolute atomic E-state index is 13.6. The van der Waals surface area contributed by atoms with Crippen molar-refractivity contribution >= 4 is 23.1 Å². The summed E-state index contributed by atoms with van der Waals surface area (Å²) in [5.41, 5.74) is 1.25. The fourth-order valence-electron chi connectivity index (χ4n) is 1.71. The van der Waals surface area contributed by atoms with E-state index >= 15 is 0 Å². The minimum atomic E-state index is -0.766. The topological polar surface area (TPSA) is 0 Å². The van der Waals surface area contributed by atoms with Gasteiger partial charge < -0.3 is 0 Å². The van der Waals surface area contributed by atoms with Crippen LogP contribution in [-0.2, 0) is 5.75 Å². The molecular weight excluding hydrogens is 246 g/mol. The second kappa shape index (κ2) is 3.86. The lowest BCUT2D eigenvalue weighted by Crippen LogP contribution is -1.97. The van der Waals surface area contributed by atoms with Crippen molar-refractivity contribution in [3.8, 4) is 0 Å². The number of halogens is 2. The average molecular weight is 253 g/mol. The van der Waals surface area contributed by atoms with Crippen molar-refractivity contribution in [2.75, 3.05) is 0 Å². The Bertz CT molecular complexity index is 546. The number of rotatable bonds is 0. The molecule has 1 aromatic heterocycles. The Hall–Kier alpha value is -0.870. The van der Waals surface area contributed by atoms with Crippen LogP contribution in [0.15, 0.2) is 28.5 Å². The van der Waals surface area contributed by atoms with Crippen LogP contribution in [0.25, 0.3) is 0 Å². The smallest absolute Gasteiger partial charge is 0.163 e. The molecule has 0 nitrogen and oxygen atoms in total. The van der Waals surface area contributed by atoms with Gasteiger partial charge in [0.1, 0.15) is 0 Å². The van der Waals surface area contributed by atoms with E-state index in [-0.39, 0.29) is 0 Å². The monoisotopic (exact) mass is 253 g/mol. The van der Waals surface area contributed by atoms with E-state index in [0.29, 0.717) is 11.3 Å². The van der Waals surface area contributed by atoms with Crippen LogP contribution in [0, 0.1) is 18.1 Å². The SMILES string of the molecule is Fc1ccc2c(c1F)CSc1ccsc1[CH]2.